The number of hydrogen-bond acceptors (Lipinski definition) is 7. The highest BCUT2D eigenvalue weighted by Gasteiger charge is 2.22. The van der Waals surface area contributed by atoms with E-state index >= 15 is 0 Å². The summed E-state index contributed by atoms with van der Waals surface area (Å²) >= 11 is 0. The van der Waals surface area contributed by atoms with Crippen LogP contribution in [0.25, 0.3) is 0 Å². The molecule has 0 saturated heterocycles. The molecule has 1 unspecified atom stereocenters. The van der Waals surface area contributed by atoms with Crippen molar-refractivity contribution in [2.24, 2.45) is 0 Å². The Labute approximate surface area is 307 Å². The van der Waals surface area contributed by atoms with Gasteiger partial charge in [0.15, 0.2) is 6.10 Å². The van der Waals surface area contributed by atoms with Crippen LogP contribution >= 0.6 is 7.82 Å². The van der Waals surface area contributed by atoms with E-state index in [1.807, 2.05) is 42.5 Å². The molecule has 51 heavy (non-hydrogen) atoms. The maximum absolute atomic E-state index is 12.3. The third kappa shape index (κ3) is 38.0. The number of phosphoric ester groups is 1. The summed E-state index contributed by atoms with van der Waals surface area (Å²) in [7, 11) is -4.80. The number of aliphatic hydroxyl groups is 1. The van der Waals surface area contributed by atoms with Crippen LogP contribution in [0.4, 0.5) is 0 Å². The Morgan fingerprint density at radius 3 is 1.80 bits per heavy atom. The van der Waals surface area contributed by atoms with Gasteiger partial charge >= 0.3 is 19.8 Å². The molecule has 0 saturated carbocycles. The summed E-state index contributed by atoms with van der Waals surface area (Å²) in [6.45, 7) is 3.35. The number of carbonyl (C=O) groups excluding carboxylic acids is 2. The number of rotatable bonds is 32. The van der Waals surface area contributed by atoms with Crippen LogP contribution in [0.2, 0.25) is 0 Å². The molecular weight excluding hydrogens is 667 g/mol. The maximum Gasteiger partial charge on any atom is 0.469 e. The molecule has 0 aromatic rings. The van der Waals surface area contributed by atoms with Gasteiger partial charge in [-0.15, -0.1) is 0 Å². The smallest absolute Gasteiger partial charge is 0.462 e. The zero-order valence-corrected chi connectivity index (χ0v) is 32.0. The Morgan fingerprint density at radius 2 is 1.18 bits per heavy atom. The van der Waals surface area contributed by atoms with Gasteiger partial charge in [-0.3, -0.25) is 14.1 Å². The number of phosphoric acid groups is 1. The molecule has 0 aliphatic heterocycles. The largest absolute Gasteiger partial charge is 0.469 e. The molecule has 0 aliphatic carbocycles. The lowest BCUT2D eigenvalue weighted by Gasteiger charge is -2.18. The van der Waals surface area contributed by atoms with E-state index in [-0.39, 0.29) is 19.4 Å². The van der Waals surface area contributed by atoms with E-state index in [4.69, 9.17) is 19.3 Å². The molecular formula is C41H65O9P. The summed E-state index contributed by atoms with van der Waals surface area (Å²) in [5.41, 5.74) is 0. The van der Waals surface area contributed by atoms with Gasteiger partial charge in [0.05, 0.1) is 12.7 Å². The number of allylic oxidation sites excluding steroid dienone is 14. The molecule has 0 rings (SSSR count). The van der Waals surface area contributed by atoms with Crippen molar-refractivity contribution >= 4 is 19.8 Å². The van der Waals surface area contributed by atoms with Crippen molar-refractivity contribution in [3.05, 3.63) is 97.2 Å². The second-order valence-corrected chi connectivity index (χ2v) is 13.2. The van der Waals surface area contributed by atoms with Gasteiger partial charge in [-0.05, 0) is 83.5 Å². The molecule has 10 heteroatoms. The summed E-state index contributed by atoms with van der Waals surface area (Å²) < 4.78 is 26.2. The number of hydrogen-bond donors (Lipinski definition) is 3. The molecule has 0 amide bonds. The van der Waals surface area contributed by atoms with Crippen LogP contribution in [0.3, 0.4) is 0 Å². The highest BCUT2D eigenvalue weighted by molar-refractivity contribution is 7.46. The van der Waals surface area contributed by atoms with Crippen LogP contribution in [0.1, 0.15) is 123 Å². The molecule has 0 aliphatic rings. The average Bonchev–Trinajstić information content (AvgIpc) is 3.09. The fourth-order valence-corrected chi connectivity index (χ4v) is 4.74. The lowest BCUT2D eigenvalue weighted by molar-refractivity contribution is -0.161. The Morgan fingerprint density at radius 1 is 0.627 bits per heavy atom. The first kappa shape index (κ1) is 47.9. The minimum Gasteiger partial charge on any atom is -0.462 e. The summed E-state index contributed by atoms with van der Waals surface area (Å²) in [4.78, 5) is 42.7. The summed E-state index contributed by atoms with van der Waals surface area (Å²) in [6.07, 6.45) is 44.5. The highest BCUT2D eigenvalue weighted by atomic mass is 31.2. The first-order valence-corrected chi connectivity index (χ1v) is 20.2. The van der Waals surface area contributed by atoms with E-state index in [9.17, 15) is 19.3 Å². The quantitative estimate of drug-likeness (QED) is 0.0203. The molecule has 288 valence electrons. The van der Waals surface area contributed by atoms with Crippen LogP contribution in [0.15, 0.2) is 97.2 Å². The molecule has 0 bridgehead atoms. The van der Waals surface area contributed by atoms with Crippen LogP contribution < -0.4 is 0 Å². The molecule has 9 nitrogen and oxygen atoms in total. The number of unbranched alkanes of at least 4 members (excludes halogenated alkanes) is 6. The SMILES string of the molecule is CC/C=C\C/C=C\CC(O)/C=C/C=C\C/C=C\CCCC(=O)O[C@H](COC(=O)CCCC/C=C\C/C=C\C/C=C\CCCCC)COP(=O)(O)O. The summed E-state index contributed by atoms with van der Waals surface area (Å²) in [6, 6.07) is 0. The number of carbonyl (C=O) groups is 2. The minimum atomic E-state index is -4.80. The molecule has 0 aromatic carbocycles. The predicted molar refractivity (Wildman–Crippen MR) is 208 cm³/mol. The molecule has 0 fully saturated rings. The fraction of sp³-hybridized carbons (Fsp3) is 0.561. The highest BCUT2D eigenvalue weighted by Crippen LogP contribution is 2.35. The zero-order valence-electron chi connectivity index (χ0n) is 31.1. The van der Waals surface area contributed by atoms with Gasteiger partial charge in [0.1, 0.15) is 6.61 Å². The van der Waals surface area contributed by atoms with E-state index in [1.54, 1.807) is 6.08 Å². The number of aliphatic hydroxyl groups excluding tert-OH is 1. The minimum absolute atomic E-state index is 0.0873. The first-order chi connectivity index (χ1) is 24.7. The van der Waals surface area contributed by atoms with Crippen molar-refractivity contribution in [3.63, 3.8) is 0 Å². The molecule has 2 atom stereocenters. The Hall–Kier alpha value is -3.07. The average molecular weight is 733 g/mol. The van der Waals surface area contributed by atoms with Crippen molar-refractivity contribution < 1.29 is 43.0 Å². The zero-order chi connectivity index (χ0) is 37.7. The summed E-state index contributed by atoms with van der Waals surface area (Å²) in [5.74, 6) is -1.05. The molecule has 0 spiro atoms. The fourth-order valence-electron chi connectivity index (χ4n) is 4.38. The number of esters is 2. The van der Waals surface area contributed by atoms with Crippen LogP contribution in [-0.4, -0.2) is 52.3 Å². The van der Waals surface area contributed by atoms with Gasteiger partial charge < -0.3 is 24.4 Å². The lowest BCUT2D eigenvalue weighted by Crippen LogP contribution is -2.29. The third-order valence-electron chi connectivity index (χ3n) is 7.17. The summed E-state index contributed by atoms with van der Waals surface area (Å²) in [5, 5.41) is 9.97. The molecule has 0 aromatic heterocycles. The van der Waals surface area contributed by atoms with E-state index < -0.39 is 38.6 Å². The van der Waals surface area contributed by atoms with E-state index in [2.05, 4.69) is 67.0 Å². The lowest BCUT2D eigenvalue weighted by atomic mass is 10.1. The monoisotopic (exact) mass is 732 g/mol. The van der Waals surface area contributed by atoms with Gasteiger partial charge in [0, 0.05) is 12.8 Å². The predicted octanol–water partition coefficient (Wildman–Crippen LogP) is 10.0. The van der Waals surface area contributed by atoms with Gasteiger partial charge in [0.2, 0.25) is 0 Å². The molecule has 0 radical (unpaired) electrons. The third-order valence-corrected chi connectivity index (χ3v) is 7.65. The van der Waals surface area contributed by atoms with Gasteiger partial charge in [0.25, 0.3) is 0 Å². The van der Waals surface area contributed by atoms with Crippen molar-refractivity contribution in [3.8, 4) is 0 Å². The maximum atomic E-state index is 12.3. The molecule has 0 heterocycles. The van der Waals surface area contributed by atoms with Gasteiger partial charge in [-0.25, -0.2) is 4.57 Å². The van der Waals surface area contributed by atoms with Crippen LogP contribution in [0.5, 0.6) is 0 Å². The standard InChI is InChI=1S/C41H65O9P/c1-3-5-7-9-11-12-13-14-15-16-17-18-22-26-30-34-40(43)48-36-39(37-49-51(45,46)47)50-41(44)35-31-27-23-20-19-21-25-29-33-38(42)32-28-24-10-8-6-4-2/h6,8,11-12,14-15,17-18,20-21,23-25,28-29,33,38-39,42H,3-5,7,9-10,13,16,19,22,26-27,30-32,34-37H2,1-2H3,(H2,45,46,47)/b8-6-,12-11-,15-14-,18-17-,23-20-,25-21-,28-24-,33-29+/t38?,39-/m1/s1. The van der Waals surface area contributed by atoms with Crippen molar-refractivity contribution in [1.29, 1.82) is 0 Å². The Balaban J connectivity index is 4.25. The van der Waals surface area contributed by atoms with E-state index in [1.165, 1.54) is 19.3 Å². The van der Waals surface area contributed by atoms with Crippen molar-refractivity contribution in [2.45, 2.75) is 135 Å². The Bertz CT molecular complexity index is 1160. The second-order valence-electron chi connectivity index (χ2n) is 12.0. The molecule has 3 N–H and O–H groups in total. The van der Waals surface area contributed by atoms with Gasteiger partial charge in [-0.1, -0.05) is 124 Å². The second kappa shape index (κ2) is 35.3. The first-order valence-electron chi connectivity index (χ1n) is 18.6. The Kier molecular flexibility index (Phi) is 33.2. The normalized spacial score (nSPS) is 14.2. The topological polar surface area (TPSA) is 140 Å². The van der Waals surface area contributed by atoms with Crippen LogP contribution in [-0.2, 0) is 28.2 Å². The van der Waals surface area contributed by atoms with E-state index in [0.29, 0.717) is 32.1 Å². The van der Waals surface area contributed by atoms with Crippen molar-refractivity contribution in [2.75, 3.05) is 13.2 Å². The van der Waals surface area contributed by atoms with Crippen molar-refractivity contribution in [1.82, 2.24) is 0 Å². The number of ether oxygens (including phenoxy) is 2. The van der Waals surface area contributed by atoms with Gasteiger partial charge in [-0.2, -0.15) is 0 Å². The van der Waals surface area contributed by atoms with Crippen LogP contribution in [0, 0.1) is 0 Å². The van der Waals surface area contributed by atoms with E-state index in [0.717, 1.165) is 44.9 Å².